The van der Waals surface area contributed by atoms with E-state index >= 15 is 0 Å². The van der Waals surface area contributed by atoms with Crippen molar-refractivity contribution in [2.75, 3.05) is 19.5 Å². The van der Waals surface area contributed by atoms with Gasteiger partial charge in [-0.1, -0.05) is 44.2 Å². The number of hydrogen-bond acceptors (Lipinski definition) is 7. The first-order chi connectivity index (χ1) is 17.0. The Labute approximate surface area is 208 Å². The van der Waals surface area contributed by atoms with Gasteiger partial charge in [0.1, 0.15) is 10.5 Å². The molecule has 2 heterocycles. The molecule has 0 atom stereocenters. The third-order valence-electron chi connectivity index (χ3n) is 5.91. The monoisotopic (exact) mass is 485 g/mol. The molecule has 35 heavy (non-hydrogen) atoms. The molecule has 0 saturated carbocycles. The van der Waals surface area contributed by atoms with Crippen molar-refractivity contribution in [1.29, 1.82) is 0 Å². The van der Waals surface area contributed by atoms with Crippen LogP contribution in [-0.2, 0) is 6.54 Å². The van der Waals surface area contributed by atoms with Crippen LogP contribution in [0.15, 0.2) is 70.5 Å². The highest BCUT2D eigenvalue weighted by molar-refractivity contribution is 7.13. The Bertz CT molecular complexity index is 1450. The maximum Gasteiger partial charge on any atom is 0.295 e. The van der Waals surface area contributed by atoms with Crippen LogP contribution in [0, 0.1) is 0 Å². The molecule has 1 N–H and O–H groups in total. The summed E-state index contributed by atoms with van der Waals surface area (Å²) in [6.07, 6.45) is 0. The number of aromatic nitrogens is 2. The molecule has 0 aliphatic carbocycles. The number of benzene rings is 3. The Morgan fingerprint density at radius 1 is 0.886 bits per heavy atom. The lowest BCUT2D eigenvalue weighted by atomic mass is 10.0. The Hall–Kier alpha value is -3.84. The van der Waals surface area contributed by atoms with Crippen LogP contribution in [0.4, 0.5) is 6.01 Å². The van der Waals surface area contributed by atoms with Crippen LogP contribution in [-0.4, -0.2) is 24.2 Å². The zero-order valence-electron chi connectivity index (χ0n) is 20.2. The number of anilines is 1. The standard InChI is InChI=1S/C28H27N3O3S/c1-17(2)20-9-11-24-22(13-20)31-28(34-24)29-15-18-5-7-19(8-6-18)27-30-23(16-35-27)21-10-12-25(32-3)26(14-21)33-4/h5-14,16-17H,15H2,1-4H3,(H,29,31). The number of fused-ring (bicyclic) bond motifs is 1. The summed E-state index contributed by atoms with van der Waals surface area (Å²) in [6, 6.07) is 20.9. The minimum absolute atomic E-state index is 0.457. The molecule has 0 aliphatic heterocycles. The van der Waals surface area contributed by atoms with Crippen molar-refractivity contribution in [2.24, 2.45) is 0 Å². The van der Waals surface area contributed by atoms with Gasteiger partial charge >= 0.3 is 0 Å². The molecule has 7 heteroatoms. The fraction of sp³-hybridized carbons (Fsp3) is 0.214. The molecule has 0 bridgehead atoms. The maximum absolute atomic E-state index is 5.85. The SMILES string of the molecule is COc1ccc(-c2csc(-c3ccc(CNc4nc5cc(C(C)C)ccc5o4)cc3)n2)cc1OC. The smallest absolute Gasteiger partial charge is 0.295 e. The first-order valence-electron chi connectivity index (χ1n) is 11.5. The number of ether oxygens (including phenoxy) is 2. The highest BCUT2D eigenvalue weighted by atomic mass is 32.1. The van der Waals surface area contributed by atoms with Gasteiger partial charge in [0.15, 0.2) is 17.1 Å². The summed E-state index contributed by atoms with van der Waals surface area (Å²) in [5, 5.41) is 6.32. The van der Waals surface area contributed by atoms with Gasteiger partial charge in [-0.25, -0.2) is 4.98 Å². The summed E-state index contributed by atoms with van der Waals surface area (Å²) in [5.74, 6) is 1.85. The van der Waals surface area contributed by atoms with E-state index in [1.54, 1.807) is 25.6 Å². The summed E-state index contributed by atoms with van der Waals surface area (Å²) in [7, 11) is 3.27. The van der Waals surface area contributed by atoms with Crippen molar-refractivity contribution in [3.05, 3.63) is 77.2 Å². The summed E-state index contributed by atoms with van der Waals surface area (Å²) >= 11 is 1.62. The molecule has 5 rings (SSSR count). The predicted molar refractivity (Wildman–Crippen MR) is 142 cm³/mol. The largest absolute Gasteiger partial charge is 0.493 e. The van der Waals surface area contributed by atoms with Crippen LogP contribution in [0.25, 0.3) is 32.9 Å². The number of nitrogens with zero attached hydrogens (tertiary/aromatic N) is 2. The van der Waals surface area contributed by atoms with E-state index < -0.39 is 0 Å². The molecule has 0 aliphatic rings. The van der Waals surface area contributed by atoms with Crippen LogP contribution in [0.1, 0.15) is 30.9 Å². The number of thiazole rings is 1. The first kappa shape index (κ1) is 22.9. The van der Waals surface area contributed by atoms with E-state index in [2.05, 4.69) is 65.9 Å². The molecule has 178 valence electrons. The lowest BCUT2D eigenvalue weighted by Gasteiger charge is -2.08. The number of methoxy groups -OCH3 is 2. The minimum atomic E-state index is 0.457. The van der Waals surface area contributed by atoms with Crippen molar-refractivity contribution < 1.29 is 13.9 Å². The van der Waals surface area contributed by atoms with Gasteiger partial charge in [-0.15, -0.1) is 11.3 Å². The Morgan fingerprint density at radius 3 is 2.40 bits per heavy atom. The third-order valence-corrected chi connectivity index (χ3v) is 6.80. The van der Waals surface area contributed by atoms with Gasteiger partial charge in [0.05, 0.1) is 19.9 Å². The topological polar surface area (TPSA) is 69.4 Å². The van der Waals surface area contributed by atoms with E-state index in [0.29, 0.717) is 30.0 Å². The number of hydrogen-bond donors (Lipinski definition) is 1. The van der Waals surface area contributed by atoms with Crippen LogP contribution >= 0.6 is 11.3 Å². The number of rotatable bonds is 8. The van der Waals surface area contributed by atoms with Gasteiger partial charge in [-0.3, -0.25) is 0 Å². The zero-order chi connectivity index (χ0) is 24.4. The fourth-order valence-electron chi connectivity index (χ4n) is 3.86. The average Bonchev–Trinajstić information content (AvgIpc) is 3.54. The first-order valence-corrected chi connectivity index (χ1v) is 12.3. The van der Waals surface area contributed by atoms with Crippen molar-refractivity contribution >= 4 is 28.5 Å². The van der Waals surface area contributed by atoms with Crippen LogP contribution in [0.5, 0.6) is 11.5 Å². The fourth-order valence-corrected chi connectivity index (χ4v) is 4.69. The van der Waals surface area contributed by atoms with E-state index in [1.807, 2.05) is 24.3 Å². The van der Waals surface area contributed by atoms with E-state index in [4.69, 9.17) is 18.9 Å². The van der Waals surface area contributed by atoms with Gasteiger partial charge in [-0.05, 0) is 47.4 Å². The van der Waals surface area contributed by atoms with Crippen molar-refractivity contribution in [1.82, 2.24) is 9.97 Å². The molecule has 3 aromatic carbocycles. The van der Waals surface area contributed by atoms with Crippen molar-refractivity contribution in [3.8, 4) is 33.3 Å². The van der Waals surface area contributed by atoms with Gasteiger partial charge in [0.25, 0.3) is 6.01 Å². The molecule has 0 saturated heterocycles. The molecule has 0 spiro atoms. The van der Waals surface area contributed by atoms with Gasteiger partial charge in [0.2, 0.25) is 0 Å². The molecule has 5 aromatic rings. The molecule has 0 fully saturated rings. The van der Waals surface area contributed by atoms with E-state index in [1.165, 1.54) is 5.56 Å². The summed E-state index contributed by atoms with van der Waals surface area (Å²) in [6.45, 7) is 4.97. The van der Waals surface area contributed by atoms with Gasteiger partial charge < -0.3 is 19.2 Å². The molecule has 2 aromatic heterocycles. The van der Waals surface area contributed by atoms with Gasteiger partial charge in [-0.2, -0.15) is 4.98 Å². The summed E-state index contributed by atoms with van der Waals surface area (Å²) in [5.41, 5.74) is 7.04. The van der Waals surface area contributed by atoms with Crippen molar-refractivity contribution in [3.63, 3.8) is 0 Å². The number of nitrogens with one attached hydrogen (secondary N) is 1. The highest BCUT2D eigenvalue weighted by Crippen LogP contribution is 2.34. The lowest BCUT2D eigenvalue weighted by Crippen LogP contribution is -1.99. The second kappa shape index (κ2) is 9.80. The van der Waals surface area contributed by atoms with E-state index in [0.717, 1.165) is 38.5 Å². The van der Waals surface area contributed by atoms with E-state index in [-0.39, 0.29) is 0 Å². The van der Waals surface area contributed by atoms with Crippen LogP contribution in [0.2, 0.25) is 0 Å². The summed E-state index contributed by atoms with van der Waals surface area (Å²) < 4.78 is 16.6. The quantitative estimate of drug-likeness (QED) is 0.247. The molecular weight excluding hydrogens is 458 g/mol. The molecule has 6 nitrogen and oxygen atoms in total. The van der Waals surface area contributed by atoms with E-state index in [9.17, 15) is 0 Å². The maximum atomic E-state index is 5.85. The third kappa shape index (κ3) is 4.86. The predicted octanol–water partition coefficient (Wildman–Crippen LogP) is 7.37. The van der Waals surface area contributed by atoms with Crippen LogP contribution < -0.4 is 14.8 Å². The summed E-state index contributed by atoms with van der Waals surface area (Å²) in [4.78, 5) is 9.42. The van der Waals surface area contributed by atoms with Gasteiger partial charge in [0, 0.05) is 23.1 Å². The normalized spacial score (nSPS) is 11.2. The Morgan fingerprint density at radius 2 is 1.66 bits per heavy atom. The molecule has 0 unspecified atom stereocenters. The molecule has 0 amide bonds. The van der Waals surface area contributed by atoms with Crippen molar-refractivity contribution in [2.45, 2.75) is 26.3 Å². The molecule has 0 radical (unpaired) electrons. The second-order valence-corrected chi connectivity index (χ2v) is 9.42. The average molecular weight is 486 g/mol. The zero-order valence-corrected chi connectivity index (χ0v) is 21.0. The Kier molecular flexibility index (Phi) is 6.42. The minimum Gasteiger partial charge on any atom is -0.493 e. The second-order valence-electron chi connectivity index (χ2n) is 8.56. The highest BCUT2D eigenvalue weighted by Gasteiger charge is 2.11. The lowest BCUT2D eigenvalue weighted by molar-refractivity contribution is 0.355. The molecular formula is C28H27N3O3S. The Balaban J connectivity index is 1.27. The number of oxazole rings is 1. The van der Waals surface area contributed by atoms with Crippen LogP contribution in [0.3, 0.4) is 0 Å².